The monoisotopic (exact) mass is 206 g/mol. The Morgan fingerprint density at radius 2 is 1.67 bits per heavy atom. The van der Waals surface area contributed by atoms with Gasteiger partial charge in [0.05, 0.1) is 7.85 Å². The van der Waals surface area contributed by atoms with Crippen LogP contribution in [-0.2, 0) is 0 Å². The Balaban J connectivity index is 1.77. The van der Waals surface area contributed by atoms with Crippen molar-refractivity contribution < 1.29 is 0 Å². The highest BCUT2D eigenvalue weighted by molar-refractivity contribution is 6.11. The highest BCUT2D eigenvalue weighted by Crippen LogP contribution is 2.49. The van der Waals surface area contributed by atoms with E-state index in [0.717, 1.165) is 11.8 Å². The first-order chi connectivity index (χ1) is 7.16. The molecule has 0 aromatic rings. The van der Waals surface area contributed by atoms with Crippen LogP contribution in [0.25, 0.3) is 0 Å². The third-order valence-corrected chi connectivity index (χ3v) is 3.98. The molecule has 0 saturated heterocycles. The third-order valence-electron chi connectivity index (χ3n) is 3.98. The van der Waals surface area contributed by atoms with Crippen molar-refractivity contribution in [3.63, 3.8) is 0 Å². The Morgan fingerprint density at radius 3 is 2.27 bits per heavy atom. The standard InChI is InChI=1S/C14H27B/c1-3-13(15)9-7-5-4-6-8-10-14(2)11-12-14/h13H,3-12H2,1-2H3. The summed E-state index contributed by atoms with van der Waals surface area (Å²) in [6.07, 6.45) is 13.9. The van der Waals surface area contributed by atoms with Gasteiger partial charge in [0.25, 0.3) is 0 Å². The van der Waals surface area contributed by atoms with Gasteiger partial charge in [-0.05, 0) is 24.7 Å². The molecule has 0 amide bonds. The molecule has 0 bridgehead atoms. The van der Waals surface area contributed by atoms with Crippen LogP contribution in [0.15, 0.2) is 0 Å². The molecule has 86 valence electrons. The van der Waals surface area contributed by atoms with Crippen LogP contribution in [0.1, 0.15) is 78.1 Å². The molecule has 1 rings (SSSR count). The normalized spacial score (nSPS) is 20.1. The van der Waals surface area contributed by atoms with E-state index >= 15 is 0 Å². The predicted octanol–water partition coefficient (Wildman–Crippen LogP) is 4.88. The maximum absolute atomic E-state index is 5.88. The maximum atomic E-state index is 5.88. The number of hydrogen-bond acceptors (Lipinski definition) is 0. The van der Waals surface area contributed by atoms with Crippen molar-refractivity contribution in [3.8, 4) is 0 Å². The Kier molecular flexibility index (Phi) is 5.78. The summed E-state index contributed by atoms with van der Waals surface area (Å²) < 4.78 is 0. The van der Waals surface area contributed by atoms with E-state index in [0.29, 0.717) is 5.82 Å². The zero-order valence-electron chi connectivity index (χ0n) is 10.7. The largest absolute Gasteiger partial charge is 0.0776 e. The topological polar surface area (TPSA) is 0 Å². The summed E-state index contributed by atoms with van der Waals surface area (Å²) in [5.74, 6) is 0.454. The Bertz CT molecular complexity index is 161. The molecule has 0 nitrogen and oxygen atoms in total. The number of rotatable bonds is 9. The van der Waals surface area contributed by atoms with Gasteiger partial charge in [0.15, 0.2) is 0 Å². The van der Waals surface area contributed by atoms with Crippen molar-refractivity contribution in [2.24, 2.45) is 5.41 Å². The highest BCUT2D eigenvalue weighted by atomic mass is 14.4. The van der Waals surface area contributed by atoms with Gasteiger partial charge in [-0.25, -0.2) is 0 Å². The van der Waals surface area contributed by atoms with Crippen LogP contribution in [0.2, 0.25) is 5.82 Å². The minimum Gasteiger partial charge on any atom is -0.0776 e. The molecule has 0 N–H and O–H groups in total. The van der Waals surface area contributed by atoms with Gasteiger partial charge in [0.1, 0.15) is 0 Å². The summed E-state index contributed by atoms with van der Waals surface area (Å²) >= 11 is 0. The fraction of sp³-hybridized carbons (Fsp3) is 1.00. The van der Waals surface area contributed by atoms with Crippen molar-refractivity contribution >= 4 is 7.85 Å². The summed E-state index contributed by atoms with van der Waals surface area (Å²) in [6.45, 7) is 4.62. The molecule has 0 aromatic heterocycles. The van der Waals surface area contributed by atoms with Crippen LogP contribution in [0.4, 0.5) is 0 Å². The summed E-state index contributed by atoms with van der Waals surface area (Å²) in [4.78, 5) is 0. The zero-order valence-corrected chi connectivity index (χ0v) is 10.7. The second kappa shape index (κ2) is 6.61. The van der Waals surface area contributed by atoms with Crippen LogP contribution >= 0.6 is 0 Å². The Hall–Kier alpha value is 0.0649. The lowest BCUT2D eigenvalue weighted by Gasteiger charge is -2.09. The van der Waals surface area contributed by atoms with E-state index < -0.39 is 0 Å². The van der Waals surface area contributed by atoms with E-state index in [4.69, 9.17) is 7.85 Å². The smallest absolute Gasteiger partial charge is 0.0699 e. The molecular formula is C14H27B. The minimum absolute atomic E-state index is 0.454. The fourth-order valence-corrected chi connectivity index (χ4v) is 2.16. The van der Waals surface area contributed by atoms with Gasteiger partial charge in [-0.15, -0.1) is 0 Å². The zero-order chi connectivity index (χ0) is 11.1. The van der Waals surface area contributed by atoms with E-state index in [2.05, 4.69) is 13.8 Å². The molecule has 1 fully saturated rings. The predicted molar refractivity (Wildman–Crippen MR) is 69.5 cm³/mol. The lowest BCUT2D eigenvalue weighted by molar-refractivity contribution is 0.467. The average molecular weight is 206 g/mol. The number of hydrogen-bond donors (Lipinski definition) is 0. The molecule has 0 heterocycles. The molecule has 0 spiro atoms. The second-order valence-electron chi connectivity index (χ2n) is 5.79. The van der Waals surface area contributed by atoms with Gasteiger partial charge < -0.3 is 0 Å². The van der Waals surface area contributed by atoms with E-state index in [9.17, 15) is 0 Å². The molecule has 15 heavy (non-hydrogen) atoms. The van der Waals surface area contributed by atoms with Crippen LogP contribution in [0, 0.1) is 5.41 Å². The molecule has 1 aliphatic rings. The minimum atomic E-state index is 0.454. The third kappa shape index (κ3) is 6.27. The van der Waals surface area contributed by atoms with Crippen molar-refractivity contribution in [3.05, 3.63) is 0 Å². The summed E-state index contributed by atoms with van der Waals surface area (Å²) in [7, 11) is 5.88. The molecule has 1 atom stereocenters. The van der Waals surface area contributed by atoms with Gasteiger partial charge in [0.2, 0.25) is 0 Å². The van der Waals surface area contributed by atoms with Gasteiger partial charge in [0, 0.05) is 0 Å². The first-order valence-electron chi connectivity index (χ1n) is 6.92. The fourth-order valence-electron chi connectivity index (χ4n) is 2.16. The highest BCUT2D eigenvalue weighted by Gasteiger charge is 2.35. The SMILES string of the molecule is [B]C(CC)CCCCCCCC1(C)CC1. The molecule has 0 aliphatic heterocycles. The lowest BCUT2D eigenvalue weighted by Crippen LogP contribution is -1.93. The van der Waals surface area contributed by atoms with E-state index in [1.54, 1.807) is 0 Å². The van der Waals surface area contributed by atoms with Gasteiger partial charge in [-0.1, -0.05) is 64.6 Å². The molecule has 1 unspecified atom stereocenters. The van der Waals surface area contributed by atoms with Crippen LogP contribution in [-0.4, -0.2) is 7.85 Å². The van der Waals surface area contributed by atoms with E-state index in [-0.39, 0.29) is 0 Å². The summed E-state index contributed by atoms with van der Waals surface area (Å²) in [6, 6.07) is 0. The van der Waals surface area contributed by atoms with Crippen LogP contribution in [0.5, 0.6) is 0 Å². The van der Waals surface area contributed by atoms with Crippen molar-refractivity contribution in [2.45, 2.75) is 83.9 Å². The molecule has 1 heteroatoms. The van der Waals surface area contributed by atoms with E-state index in [1.807, 2.05) is 0 Å². The van der Waals surface area contributed by atoms with Crippen molar-refractivity contribution in [1.82, 2.24) is 0 Å². The first-order valence-corrected chi connectivity index (χ1v) is 6.92. The average Bonchev–Trinajstić information content (AvgIpc) is 2.95. The molecule has 1 saturated carbocycles. The van der Waals surface area contributed by atoms with Crippen LogP contribution < -0.4 is 0 Å². The van der Waals surface area contributed by atoms with Gasteiger partial charge in [-0.3, -0.25) is 0 Å². The Labute approximate surface area is 97.6 Å². The number of unbranched alkanes of at least 4 members (excludes halogenated alkanes) is 4. The molecular weight excluding hydrogens is 179 g/mol. The Morgan fingerprint density at radius 1 is 1.07 bits per heavy atom. The van der Waals surface area contributed by atoms with Gasteiger partial charge in [-0.2, -0.15) is 0 Å². The molecule has 0 aromatic carbocycles. The second-order valence-corrected chi connectivity index (χ2v) is 5.79. The maximum Gasteiger partial charge on any atom is 0.0699 e. The quantitative estimate of drug-likeness (QED) is 0.372. The lowest BCUT2D eigenvalue weighted by atomic mass is 9.81. The molecule has 2 radical (unpaired) electrons. The van der Waals surface area contributed by atoms with Gasteiger partial charge >= 0.3 is 0 Å². The summed E-state index contributed by atoms with van der Waals surface area (Å²) in [5.41, 5.74) is 0.768. The van der Waals surface area contributed by atoms with Crippen molar-refractivity contribution in [2.75, 3.05) is 0 Å². The van der Waals surface area contributed by atoms with E-state index in [1.165, 1.54) is 57.8 Å². The molecule has 1 aliphatic carbocycles. The summed E-state index contributed by atoms with van der Waals surface area (Å²) in [5, 5.41) is 0. The first kappa shape index (κ1) is 13.1. The van der Waals surface area contributed by atoms with Crippen molar-refractivity contribution in [1.29, 1.82) is 0 Å². The van der Waals surface area contributed by atoms with Crippen LogP contribution in [0.3, 0.4) is 0 Å².